The van der Waals surface area contributed by atoms with Crippen LogP contribution >= 0.6 is 0 Å². The number of benzene rings is 1. The number of hydrazone groups is 1. The van der Waals surface area contributed by atoms with Crippen LogP contribution < -0.4 is 16.7 Å². The second-order valence-electron chi connectivity index (χ2n) is 5.65. The fourth-order valence-electron chi connectivity index (χ4n) is 2.74. The molecule has 3 heterocycles. The summed E-state index contributed by atoms with van der Waals surface area (Å²) in [6.07, 6.45) is 3.51. The standard InChI is InChI=1S/C16H15N7O2/c1-22-13-12(14(24)23(2)16(22)25)19-15(20-13)21-18-8-9-7-17-11-6-4-3-5-10(9)11/h3-8,17H,1-2H3,(H2,19,20,21). The highest BCUT2D eigenvalue weighted by Gasteiger charge is 2.12. The molecular formula is C16H15N7O2. The first-order valence-corrected chi connectivity index (χ1v) is 7.57. The Hall–Kier alpha value is -3.62. The van der Waals surface area contributed by atoms with Gasteiger partial charge >= 0.3 is 5.69 Å². The molecule has 0 unspecified atom stereocenters. The van der Waals surface area contributed by atoms with Gasteiger partial charge in [0.25, 0.3) is 5.56 Å². The minimum Gasteiger partial charge on any atom is -0.361 e. The van der Waals surface area contributed by atoms with E-state index in [-0.39, 0.29) is 17.1 Å². The molecule has 0 amide bonds. The Morgan fingerprint density at radius 3 is 2.84 bits per heavy atom. The minimum atomic E-state index is -0.433. The summed E-state index contributed by atoms with van der Waals surface area (Å²) >= 11 is 0. The Labute approximate surface area is 140 Å². The third-order valence-corrected chi connectivity index (χ3v) is 4.09. The maximum atomic E-state index is 12.1. The van der Waals surface area contributed by atoms with Gasteiger partial charge in [-0.2, -0.15) is 10.1 Å². The Kier molecular flexibility index (Phi) is 3.27. The maximum absolute atomic E-state index is 12.1. The predicted molar refractivity (Wildman–Crippen MR) is 96.1 cm³/mol. The number of aromatic nitrogens is 5. The molecular weight excluding hydrogens is 322 g/mol. The van der Waals surface area contributed by atoms with E-state index in [1.54, 1.807) is 13.3 Å². The molecule has 3 N–H and O–H groups in total. The largest absolute Gasteiger partial charge is 0.361 e. The van der Waals surface area contributed by atoms with Gasteiger partial charge in [-0.25, -0.2) is 10.2 Å². The number of fused-ring (bicyclic) bond motifs is 2. The topological polar surface area (TPSA) is 113 Å². The predicted octanol–water partition coefficient (Wildman–Crippen LogP) is 0.888. The van der Waals surface area contributed by atoms with E-state index in [1.807, 2.05) is 30.5 Å². The van der Waals surface area contributed by atoms with E-state index < -0.39 is 11.2 Å². The number of hydrogen-bond donors (Lipinski definition) is 3. The normalized spacial score (nSPS) is 11.8. The van der Waals surface area contributed by atoms with Crippen LogP contribution in [0.4, 0.5) is 5.95 Å². The molecule has 0 spiro atoms. The first kappa shape index (κ1) is 14.9. The molecule has 0 saturated carbocycles. The van der Waals surface area contributed by atoms with E-state index in [0.717, 1.165) is 21.0 Å². The van der Waals surface area contributed by atoms with Crippen molar-refractivity contribution in [2.75, 3.05) is 5.43 Å². The van der Waals surface area contributed by atoms with E-state index in [0.29, 0.717) is 0 Å². The van der Waals surface area contributed by atoms with Crippen LogP contribution in [0.25, 0.3) is 22.1 Å². The molecule has 0 aliphatic rings. The van der Waals surface area contributed by atoms with E-state index >= 15 is 0 Å². The van der Waals surface area contributed by atoms with Crippen molar-refractivity contribution in [2.24, 2.45) is 19.2 Å². The van der Waals surface area contributed by atoms with Crippen LogP contribution in [-0.4, -0.2) is 30.3 Å². The van der Waals surface area contributed by atoms with Gasteiger partial charge in [-0.1, -0.05) is 18.2 Å². The van der Waals surface area contributed by atoms with Crippen molar-refractivity contribution in [3.05, 3.63) is 56.9 Å². The molecule has 0 saturated heterocycles. The number of imidazole rings is 1. The van der Waals surface area contributed by atoms with Crippen molar-refractivity contribution >= 4 is 34.2 Å². The van der Waals surface area contributed by atoms with Gasteiger partial charge in [0.15, 0.2) is 11.2 Å². The van der Waals surface area contributed by atoms with Gasteiger partial charge < -0.3 is 9.97 Å². The highest BCUT2D eigenvalue weighted by molar-refractivity contribution is 5.99. The average molecular weight is 337 g/mol. The SMILES string of the molecule is Cn1c(=O)c2[nH]c(NN=Cc3c[nH]c4ccccc34)nc2n(C)c1=O. The Morgan fingerprint density at radius 1 is 1.20 bits per heavy atom. The first-order valence-electron chi connectivity index (χ1n) is 7.57. The Balaban J connectivity index is 1.67. The maximum Gasteiger partial charge on any atom is 0.332 e. The van der Waals surface area contributed by atoms with Crippen molar-refractivity contribution in [1.29, 1.82) is 0 Å². The number of anilines is 1. The van der Waals surface area contributed by atoms with E-state index in [1.165, 1.54) is 11.6 Å². The molecule has 0 bridgehead atoms. The average Bonchev–Trinajstić information content (AvgIpc) is 3.23. The van der Waals surface area contributed by atoms with E-state index in [4.69, 9.17) is 0 Å². The lowest BCUT2D eigenvalue weighted by molar-refractivity contribution is 0.709. The number of aromatic amines is 2. The van der Waals surface area contributed by atoms with E-state index in [2.05, 4.69) is 25.5 Å². The second kappa shape index (κ2) is 5.48. The van der Waals surface area contributed by atoms with E-state index in [9.17, 15) is 9.59 Å². The van der Waals surface area contributed by atoms with Crippen molar-refractivity contribution in [2.45, 2.75) is 0 Å². The number of H-pyrrole nitrogens is 2. The van der Waals surface area contributed by atoms with Crippen LogP contribution in [0, 0.1) is 0 Å². The molecule has 9 nitrogen and oxygen atoms in total. The van der Waals surface area contributed by atoms with Crippen molar-refractivity contribution in [3.63, 3.8) is 0 Å². The molecule has 4 aromatic rings. The van der Waals surface area contributed by atoms with Gasteiger partial charge in [0.05, 0.1) is 6.21 Å². The summed E-state index contributed by atoms with van der Waals surface area (Å²) in [5.74, 6) is 0.282. The monoisotopic (exact) mass is 337 g/mol. The smallest absolute Gasteiger partial charge is 0.332 e. The zero-order valence-electron chi connectivity index (χ0n) is 13.6. The third kappa shape index (κ3) is 2.33. The molecule has 0 aliphatic heterocycles. The lowest BCUT2D eigenvalue weighted by atomic mass is 10.2. The van der Waals surface area contributed by atoms with Gasteiger partial charge in [0.1, 0.15) is 0 Å². The molecule has 25 heavy (non-hydrogen) atoms. The van der Waals surface area contributed by atoms with Crippen LogP contribution in [0.5, 0.6) is 0 Å². The summed E-state index contributed by atoms with van der Waals surface area (Å²) in [6.45, 7) is 0. The van der Waals surface area contributed by atoms with Crippen LogP contribution in [0.1, 0.15) is 5.56 Å². The summed E-state index contributed by atoms with van der Waals surface area (Å²) in [5, 5.41) is 5.20. The zero-order valence-corrected chi connectivity index (χ0v) is 13.6. The summed E-state index contributed by atoms with van der Waals surface area (Å²) in [6, 6.07) is 7.89. The van der Waals surface area contributed by atoms with Gasteiger partial charge in [0.2, 0.25) is 5.95 Å². The van der Waals surface area contributed by atoms with Crippen molar-refractivity contribution in [1.82, 2.24) is 24.1 Å². The molecule has 0 aliphatic carbocycles. The van der Waals surface area contributed by atoms with Crippen LogP contribution in [-0.2, 0) is 14.1 Å². The Morgan fingerprint density at radius 2 is 2.00 bits per heavy atom. The zero-order chi connectivity index (χ0) is 17.6. The van der Waals surface area contributed by atoms with Crippen LogP contribution in [0.2, 0.25) is 0 Å². The van der Waals surface area contributed by atoms with Crippen LogP contribution in [0.3, 0.4) is 0 Å². The molecule has 0 radical (unpaired) electrons. The molecule has 0 atom stereocenters. The number of nitrogens with one attached hydrogen (secondary N) is 3. The third-order valence-electron chi connectivity index (χ3n) is 4.09. The van der Waals surface area contributed by atoms with Crippen molar-refractivity contribution < 1.29 is 0 Å². The quantitative estimate of drug-likeness (QED) is 0.380. The van der Waals surface area contributed by atoms with Crippen molar-refractivity contribution in [3.8, 4) is 0 Å². The fourth-order valence-corrected chi connectivity index (χ4v) is 2.74. The number of nitrogens with zero attached hydrogens (tertiary/aromatic N) is 4. The molecule has 126 valence electrons. The Bertz CT molecular complexity index is 1240. The fraction of sp³-hybridized carbons (Fsp3) is 0.125. The number of rotatable bonds is 3. The molecule has 0 fully saturated rings. The lowest BCUT2D eigenvalue weighted by Crippen LogP contribution is -2.36. The van der Waals surface area contributed by atoms with Gasteiger partial charge in [-0.3, -0.25) is 13.9 Å². The summed E-state index contributed by atoms with van der Waals surface area (Å²) < 4.78 is 2.33. The highest BCUT2D eigenvalue weighted by Crippen LogP contribution is 2.16. The molecule has 3 aromatic heterocycles. The lowest BCUT2D eigenvalue weighted by Gasteiger charge is -2.00. The highest BCUT2D eigenvalue weighted by atomic mass is 16.2. The second-order valence-corrected chi connectivity index (χ2v) is 5.65. The van der Waals surface area contributed by atoms with Gasteiger partial charge in [0, 0.05) is 36.8 Å². The molecule has 1 aromatic carbocycles. The summed E-state index contributed by atoms with van der Waals surface area (Å²) in [5.41, 5.74) is 4.35. The van der Waals surface area contributed by atoms with Gasteiger partial charge in [-0.05, 0) is 6.07 Å². The molecule has 4 rings (SSSR count). The number of hydrogen-bond acceptors (Lipinski definition) is 5. The summed E-state index contributed by atoms with van der Waals surface area (Å²) in [4.78, 5) is 34.3. The first-order chi connectivity index (χ1) is 12.1. The molecule has 9 heteroatoms. The minimum absolute atomic E-state index is 0.245. The number of para-hydroxylation sites is 1. The number of aryl methyl sites for hydroxylation is 1. The summed E-state index contributed by atoms with van der Waals surface area (Å²) in [7, 11) is 2.98. The van der Waals surface area contributed by atoms with Gasteiger partial charge in [-0.15, -0.1) is 0 Å². The van der Waals surface area contributed by atoms with Crippen LogP contribution in [0.15, 0.2) is 45.2 Å².